The van der Waals surface area contributed by atoms with Crippen LogP contribution in [0.1, 0.15) is 49.0 Å². The summed E-state index contributed by atoms with van der Waals surface area (Å²) in [7, 11) is -1.78. The van der Waals surface area contributed by atoms with Crippen molar-refractivity contribution in [2.75, 3.05) is 13.1 Å². The molecule has 1 aromatic heterocycles. The smallest absolute Gasteiger partial charge is 0.276 e. The van der Waals surface area contributed by atoms with Crippen molar-refractivity contribution < 1.29 is 8.42 Å². The molecule has 4 rings (SSSR count). The number of hydrogen-bond acceptors (Lipinski definition) is 4. The minimum Gasteiger partial charge on any atom is -0.276 e. The van der Waals surface area contributed by atoms with Crippen molar-refractivity contribution in [2.45, 2.75) is 49.5 Å². The minimum absolute atomic E-state index is 0.0581. The number of piperidine rings is 1. The molecule has 0 unspecified atom stereocenters. The molecule has 0 spiro atoms. The van der Waals surface area contributed by atoms with Gasteiger partial charge in [0.15, 0.2) is 0 Å². The molecule has 2 heterocycles. The third-order valence-electron chi connectivity index (χ3n) is 5.37. The van der Waals surface area contributed by atoms with Crippen LogP contribution in [0, 0.1) is 6.92 Å². The van der Waals surface area contributed by atoms with Crippen molar-refractivity contribution in [3.05, 3.63) is 46.1 Å². The fourth-order valence-electron chi connectivity index (χ4n) is 3.67. The number of aromatic nitrogens is 3. The van der Waals surface area contributed by atoms with Gasteiger partial charge in [-0.05, 0) is 44.7 Å². The topological polar surface area (TPSA) is 77.2 Å². The van der Waals surface area contributed by atoms with E-state index in [1.165, 1.54) is 4.68 Å². The van der Waals surface area contributed by atoms with Crippen LogP contribution in [0.5, 0.6) is 0 Å². The summed E-state index contributed by atoms with van der Waals surface area (Å²) in [6, 6.07) is 7.25. The van der Waals surface area contributed by atoms with Gasteiger partial charge < -0.3 is 0 Å². The molecule has 8 heteroatoms. The number of aryl methyl sites for hydroxylation is 2. The highest BCUT2D eigenvalue weighted by atomic mass is 32.2. The molecular formula is C18H24N4O3S. The Bertz CT molecular complexity index is 963. The monoisotopic (exact) mass is 376 g/mol. The average Bonchev–Trinajstić information content (AvgIpc) is 3.42. The maximum absolute atomic E-state index is 12.8. The molecule has 140 valence electrons. The van der Waals surface area contributed by atoms with Gasteiger partial charge in [-0.2, -0.15) is 9.40 Å². The first kappa shape index (κ1) is 17.5. The summed E-state index contributed by atoms with van der Waals surface area (Å²) in [6.07, 6.45) is 3.43. The summed E-state index contributed by atoms with van der Waals surface area (Å²) in [4.78, 5) is 12.6. The predicted molar refractivity (Wildman–Crippen MR) is 97.7 cm³/mol. The zero-order valence-electron chi connectivity index (χ0n) is 15.1. The summed E-state index contributed by atoms with van der Waals surface area (Å²) in [5.74, 6) is 0.960. The molecule has 7 nitrogen and oxygen atoms in total. The first-order valence-electron chi connectivity index (χ1n) is 9.10. The maximum Gasteiger partial charge on any atom is 0.345 e. The van der Waals surface area contributed by atoms with Gasteiger partial charge in [-0.15, -0.1) is 0 Å². The van der Waals surface area contributed by atoms with E-state index in [9.17, 15) is 13.2 Å². The Hall–Kier alpha value is -1.93. The molecule has 1 aliphatic heterocycles. The van der Waals surface area contributed by atoms with Crippen molar-refractivity contribution >= 4 is 10.0 Å². The van der Waals surface area contributed by atoms with Gasteiger partial charge in [0.2, 0.25) is 10.0 Å². The van der Waals surface area contributed by atoms with E-state index < -0.39 is 10.0 Å². The van der Waals surface area contributed by atoms with Crippen LogP contribution in [0.2, 0.25) is 0 Å². The Kier molecular flexibility index (Phi) is 4.27. The van der Waals surface area contributed by atoms with E-state index >= 15 is 0 Å². The lowest BCUT2D eigenvalue weighted by molar-refractivity contribution is 0.308. The number of hydrogen-bond donors (Lipinski definition) is 0. The fraction of sp³-hybridized carbons (Fsp3) is 0.556. The van der Waals surface area contributed by atoms with Crippen LogP contribution in [0.4, 0.5) is 0 Å². The molecule has 1 saturated carbocycles. The largest absolute Gasteiger partial charge is 0.345 e. The molecule has 0 bridgehead atoms. The lowest BCUT2D eigenvalue weighted by Crippen LogP contribution is -2.38. The third-order valence-corrected chi connectivity index (χ3v) is 7.28. The van der Waals surface area contributed by atoms with Crippen molar-refractivity contribution in [1.82, 2.24) is 18.7 Å². The van der Waals surface area contributed by atoms with E-state index in [2.05, 4.69) is 5.10 Å². The average molecular weight is 376 g/mol. The van der Waals surface area contributed by atoms with E-state index in [0.717, 1.165) is 24.2 Å². The molecule has 0 radical (unpaired) electrons. The van der Waals surface area contributed by atoms with Crippen LogP contribution in [-0.4, -0.2) is 40.2 Å². The molecule has 2 aromatic rings. The minimum atomic E-state index is -3.46. The van der Waals surface area contributed by atoms with Crippen molar-refractivity contribution in [2.24, 2.45) is 7.05 Å². The summed E-state index contributed by atoms with van der Waals surface area (Å²) >= 11 is 0. The molecule has 26 heavy (non-hydrogen) atoms. The van der Waals surface area contributed by atoms with Crippen molar-refractivity contribution in [3.63, 3.8) is 0 Å². The highest BCUT2D eigenvalue weighted by Gasteiger charge is 2.35. The first-order valence-corrected chi connectivity index (χ1v) is 10.5. The van der Waals surface area contributed by atoms with Crippen LogP contribution in [0.15, 0.2) is 34.0 Å². The zero-order chi connectivity index (χ0) is 18.5. The maximum atomic E-state index is 12.8. The number of benzene rings is 1. The van der Waals surface area contributed by atoms with Crippen LogP contribution >= 0.6 is 0 Å². The second-order valence-electron chi connectivity index (χ2n) is 7.36. The van der Waals surface area contributed by atoms with E-state index in [1.54, 1.807) is 23.5 Å². The molecule has 2 fully saturated rings. The Morgan fingerprint density at radius 2 is 1.65 bits per heavy atom. The summed E-state index contributed by atoms with van der Waals surface area (Å²) in [5.41, 5.74) is 0.980. The highest BCUT2D eigenvalue weighted by molar-refractivity contribution is 7.89. The van der Waals surface area contributed by atoms with E-state index in [-0.39, 0.29) is 17.6 Å². The van der Waals surface area contributed by atoms with Crippen LogP contribution in [-0.2, 0) is 17.1 Å². The summed E-state index contributed by atoms with van der Waals surface area (Å²) < 4.78 is 30.5. The van der Waals surface area contributed by atoms with Crippen LogP contribution in [0.25, 0.3) is 0 Å². The quantitative estimate of drug-likeness (QED) is 0.815. The Morgan fingerprint density at radius 3 is 2.23 bits per heavy atom. The Morgan fingerprint density at radius 1 is 1.04 bits per heavy atom. The van der Waals surface area contributed by atoms with E-state index in [1.807, 2.05) is 23.6 Å². The van der Waals surface area contributed by atoms with Crippen LogP contribution < -0.4 is 5.69 Å². The Labute approximate surface area is 153 Å². The van der Waals surface area contributed by atoms with Crippen LogP contribution in [0.3, 0.4) is 0 Å². The summed E-state index contributed by atoms with van der Waals surface area (Å²) in [6.45, 7) is 2.85. The molecular weight excluding hydrogens is 352 g/mol. The highest BCUT2D eigenvalue weighted by Crippen LogP contribution is 2.38. The van der Waals surface area contributed by atoms with Gasteiger partial charge in [0.25, 0.3) is 0 Å². The normalized spacial score (nSPS) is 19.8. The van der Waals surface area contributed by atoms with Gasteiger partial charge in [-0.25, -0.2) is 17.9 Å². The first-order chi connectivity index (χ1) is 12.4. The van der Waals surface area contributed by atoms with Crippen molar-refractivity contribution in [1.29, 1.82) is 0 Å². The van der Waals surface area contributed by atoms with Gasteiger partial charge in [0.1, 0.15) is 5.82 Å². The fourth-order valence-corrected chi connectivity index (χ4v) is 5.14. The SMILES string of the molecule is Cc1ccc(S(=O)(=O)N2CCC(c3nn(C)c(=O)n3C3CC3)CC2)cc1. The zero-order valence-corrected chi connectivity index (χ0v) is 15.9. The molecule has 0 atom stereocenters. The van der Waals surface area contributed by atoms with Gasteiger partial charge in [-0.1, -0.05) is 17.7 Å². The lowest BCUT2D eigenvalue weighted by Gasteiger charge is -2.30. The van der Waals surface area contributed by atoms with Crippen molar-refractivity contribution in [3.8, 4) is 0 Å². The van der Waals surface area contributed by atoms with Gasteiger partial charge in [0, 0.05) is 32.1 Å². The molecule has 0 amide bonds. The van der Waals surface area contributed by atoms with E-state index in [0.29, 0.717) is 30.8 Å². The molecule has 1 saturated heterocycles. The second-order valence-corrected chi connectivity index (χ2v) is 9.29. The van der Waals surface area contributed by atoms with E-state index in [4.69, 9.17) is 0 Å². The van der Waals surface area contributed by atoms with Gasteiger partial charge in [0.05, 0.1) is 4.90 Å². The standard InChI is InChI=1S/C18H24N4O3S/c1-13-3-7-16(8-4-13)26(24,25)21-11-9-14(10-12-21)17-19-20(2)18(23)22(17)15-5-6-15/h3-4,7-8,14-15H,5-6,9-12H2,1-2H3. The molecule has 1 aliphatic carbocycles. The molecule has 1 aromatic carbocycles. The third kappa shape index (κ3) is 3.01. The number of nitrogens with zero attached hydrogens (tertiary/aromatic N) is 4. The predicted octanol–water partition coefficient (Wildman–Crippen LogP) is 1.79. The summed E-state index contributed by atoms with van der Waals surface area (Å²) in [5, 5.41) is 4.45. The molecule has 0 N–H and O–H groups in total. The Balaban J connectivity index is 1.52. The van der Waals surface area contributed by atoms with Gasteiger partial charge >= 0.3 is 5.69 Å². The number of sulfonamides is 1. The second kappa shape index (κ2) is 6.35. The number of rotatable bonds is 4. The lowest BCUT2D eigenvalue weighted by atomic mass is 9.97. The molecule has 2 aliphatic rings. The van der Waals surface area contributed by atoms with Gasteiger partial charge in [-0.3, -0.25) is 4.57 Å².